The van der Waals surface area contributed by atoms with E-state index in [9.17, 15) is 4.79 Å². The maximum Gasteiger partial charge on any atom is 0.323 e. The Labute approximate surface area is 125 Å². The molecule has 0 saturated heterocycles. The minimum absolute atomic E-state index is 0.342. The molecule has 0 aromatic heterocycles. The number of halogens is 1. The highest BCUT2D eigenvalue weighted by Gasteiger charge is 2.05. The summed E-state index contributed by atoms with van der Waals surface area (Å²) in [7, 11) is 0. The van der Waals surface area contributed by atoms with Gasteiger partial charge in [0.05, 0.1) is 11.6 Å². The zero-order valence-electron chi connectivity index (χ0n) is 10.8. The number of benzene rings is 2. The van der Waals surface area contributed by atoms with Gasteiger partial charge in [-0.1, -0.05) is 22.0 Å². The molecule has 0 unspecified atom stereocenters. The largest absolute Gasteiger partial charge is 0.323 e. The second-order valence-corrected chi connectivity index (χ2v) is 5.15. The molecular weight excluding hydrogens is 318 g/mol. The third-order valence-electron chi connectivity index (χ3n) is 2.69. The molecule has 0 heterocycles. The Morgan fingerprint density at radius 3 is 2.70 bits per heavy atom. The van der Waals surface area contributed by atoms with E-state index in [1.54, 1.807) is 24.3 Å². The van der Waals surface area contributed by atoms with Crippen molar-refractivity contribution >= 4 is 33.3 Å². The van der Waals surface area contributed by atoms with Crippen LogP contribution in [0.5, 0.6) is 0 Å². The highest BCUT2D eigenvalue weighted by molar-refractivity contribution is 9.10. The molecule has 2 rings (SSSR count). The number of carbonyl (C=O) groups is 1. The van der Waals surface area contributed by atoms with Crippen molar-refractivity contribution in [2.75, 3.05) is 10.6 Å². The summed E-state index contributed by atoms with van der Waals surface area (Å²) in [6, 6.07) is 14.0. The number of hydrogen-bond donors (Lipinski definition) is 2. The van der Waals surface area contributed by atoms with E-state index >= 15 is 0 Å². The van der Waals surface area contributed by atoms with Crippen LogP contribution in [0.2, 0.25) is 0 Å². The number of hydrogen-bond acceptors (Lipinski definition) is 2. The smallest absolute Gasteiger partial charge is 0.308 e. The lowest BCUT2D eigenvalue weighted by molar-refractivity contribution is 0.262. The van der Waals surface area contributed by atoms with E-state index in [4.69, 9.17) is 5.26 Å². The first-order valence-electron chi connectivity index (χ1n) is 5.93. The van der Waals surface area contributed by atoms with Gasteiger partial charge in [-0.05, 0) is 48.9 Å². The van der Waals surface area contributed by atoms with Crippen LogP contribution in [-0.2, 0) is 0 Å². The van der Waals surface area contributed by atoms with E-state index in [0.717, 1.165) is 15.7 Å². The van der Waals surface area contributed by atoms with E-state index in [2.05, 4.69) is 26.6 Å². The maximum atomic E-state index is 11.9. The summed E-state index contributed by atoms with van der Waals surface area (Å²) in [5.41, 5.74) is 2.78. The Hall–Kier alpha value is -2.32. The first kappa shape index (κ1) is 14.1. The van der Waals surface area contributed by atoms with Crippen LogP contribution in [0.1, 0.15) is 11.1 Å². The van der Waals surface area contributed by atoms with Crippen LogP contribution < -0.4 is 10.6 Å². The minimum atomic E-state index is -0.342. The number of aryl methyl sites for hydroxylation is 1. The van der Waals surface area contributed by atoms with Crippen LogP contribution in [0.25, 0.3) is 0 Å². The molecule has 100 valence electrons. The van der Waals surface area contributed by atoms with Crippen LogP contribution in [0.15, 0.2) is 46.9 Å². The number of rotatable bonds is 2. The summed E-state index contributed by atoms with van der Waals surface area (Å²) in [6.45, 7) is 1.91. The zero-order chi connectivity index (χ0) is 14.5. The van der Waals surface area contributed by atoms with Gasteiger partial charge in [-0.2, -0.15) is 5.26 Å². The van der Waals surface area contributed by atoms with E-state index in [1.165, 1.54) is 0 Å². The molecule has 0 atom stereocenters. The van der Waals surface area contributed by atoms with E-state index in [0.29, 0.717) is 11.3 Å². The van der Waals surface area contributed by atoms with Crippen molar-refractivity contribution in [1.29, 1.82) is 5.26 Å². The number of carbonyl (C=O) groups excluding carboxylic acids is 1. The average molecular weight is 330 g/mol. The lowest BCUT2D eigenvalue weighted by Gasteiger charge is -2.10. The van der Waals surface area contributed by atoms with Gasteiger partial charge in [0.1, 0.15) is 0 Å². The first-order valence-corrected chi connectivity index (χ1v) is 6.72. The Bertz CT molecular complexity index is 692. The molecule has 0 aliphatic rings. The maximum absolute atomic E-state index is 11.9. The number of nitrogens with zero attached hydrogens (tertiary/aromatic N) is 1. The number of amides is 2. The predicted octanol–water partition coefficient (Wildman–Crippen LogP) is 4.27. The topological polar surface area (TPSA) is 64.9 Å². The number of nitrogens with one attached hydrogen (secondary N) is 2. The van der Waals surface area contributed by atoms with E-state index in [1.807, 2.05) is 31.2 Å². The third kappa shape index (κ3) is 3.59. The van der Waals surface area contributed by atoms with Gasteiger partial charge in [-0.25, -0.2) is 4.79 Å². The highest BCUT2D eigenvalue weighted by Crippen LogP contribution is 2.20. The lowest BCUT2D eigenvalue weighted by atomic mass is 10.2. The van der Waals surface area contributed by atoms with Crippen molar-refractivity contribution in [3.05, 3.63) is 58.1 Å². The molecule has 0 saturated carbocycles. The fraction of sp³-hybridized carbons (Fsp3) is 0.0667. The molecule has 2 amide bonds. The summed E-state index contributed by atoms with van der Waals surface area (Å²) >= 11 is 3.37. The van der Waals surface area contributed by atoms with Crippen LogP contribution in [0.3, 0.4) is 0 Å². The third-order valence-corrected chi connectivity index (χ3v) is 3.18. The molecule has 2 N–H and O–H groups in total. The Morgan fingerprint density at radius 2 is 2.00 bits per heavy atom. The molecule has 0 aliphatic carbocycles. The van der Waals surface area contributed by atoms with Crippen molar-refractivity contribution in [2.45, 2.75) is 6.92 Å². The van der Waals surface area contributed by atoms with Gasteiger partial charge >= 0.3 is 6.03 Å². The average Bonchev–Trinajstić information content (AvgIpc) is 2.42. The summed E-state index contributed by atoms with van der Waals surface area (Å²) < 4.78 is 0.961. The normalized spacial score (nSPS) is 9.65. The molecule has 4 nitrogen and oxygen atoms in total. The Kier molecular flexibility index (Phi) is 4.38. The van der Waals surface area contributed by atoms with Gasteiger partial charge in [-0.3, -0.25) is 0 Å². The molecule has 0 aliphatic heterocycles. The van der Waals surface area contributed by atoms with Gasteiger partial charge in [0.15, 0.2) is 0 Å². The molecule has 20 heavy (non-hydrogen) atoms. The molecular formula is C15H12BrN3O. The molecule has 0 radical (unpaired) electrons. The molecule has 0 fully saturated rings. The first-order chi connectivity index (χ1) is 9.58. The summed E-state index contributed by atoms with van der Waals surface area (Å²) in [4.78, 5) is 11.9. The Balaban J connectivity index is 2.07. The van der Waals surface area contributed by atoms with Crippen molar-refractivity contribution in [3.63, 3.8) is 0 Å². The molecule has 2 aromatic carbocycles. The monoisotopic (exact) mass is 329 g/mol. The molecule has 5 heteroatoms. The summed E-state index contributed by atoms with van der Waals surface area (Å²) in [6.07, 6.45) is 0. The second kappa shape index (κ2) is 6.22. The van der Waals surface area contributed by atoms with Crippen molar-refractivity contribution < 1.29 is 4.79 Å². The standard InChI is InChI=1S/C15H12BrN3O/c1-10-7-12(16)5-6-14(10)19-15(20)18-13-4-2-3-11(8-13)9-17/h2-8H,1H3,(H2,18,19,20). The molecule has 0 spiro atoms. The number of anilines is 2. The minimum Gasteiger partial charge on any atom is -0.308 e. The Morgan fingerprint density at radius 1 is 1.20 bits per heavy atom. The fourth-order valence-corrected chi connectivity index (χ4v) is 2.19. The number of nitriles is 1. The van der Waals surface area contributed by atoms with Crippen LogP contribution >= 0.6 is 15.9 Å². The van der Waals surface area contributed by atoms with Crippen LogP contribution in [0, 0.1) is 18.3 Å². The van der Waals surface area contributed by atoms with Crippen LogP contribution in [-0.4, -0.2) is 6.03 Å². The fourth-order valence-electron chi connectivity index (χ4n) is 1.72. The molecule has 2 aromatic rings. The lowest BCUT2D eigenvalue weighted by Crippen LogP contribution is -2.19. The van der Waals surface area contributed by atoms with Gasteiger partial charge in [0, 0.05) is 15.8 Å². The highest BCUT2D eigenvalue weighted by atomic mass is 79.9. The number of urea groups is 1. The van der Waals surface area contributed by atoms with Gasteiger partial charge in [0.2, 0.25) is 0 Å². The predicted molar refractivity (Wildman–Crippen MR) is 82.7 cm³/mol. The summed E-state index contributed by atoms with van der Waals surface area (Å²) in [5, 5.41) is 14.3. The van der Waals surface area contributed by atoms with Crippen LogP contribution in [0.4, 0.5) is 16.2 Å². The van der Waals surface area contributed by atoms with Crippen molar-refractivity contribution in [1.82, 2.24) is 0 Å². The van der Waals surface area contributed by atoms with E-state index < -0.39 is 0 Å². The van der Waals surface area contributed by atoms with Gasteiger partial charge in [0.25, 0.3) is 0 Å². The quantitative estimate of drug-likeness (QED) is 0.863. The SMILES string of the molecule is Cc1cc(Br)ccc1NC(=O)Nc1cccc(C#N)c1. The van der Waals surface area contributed by atoms with Crippen molar-refractivity contribution in [2.24, 2.45) is 0 Å². The van der Waals surface area contributed by atoms with Crippen molar-refractivity contribution in [3.8, 4) is 6.07 Å². The summed E-state index contributed by atoms with van der Waals surface area (Å²) in [5.74, 6) is 0. The van der Waals surface area contributed by atoms with Gasteiger partial charge in [-0.15, -0.1) is 0 Å². The molecule has 0 bridgehead atoms. The van der Waals surface area contributed by atoms with Gasteiger partial charge < -0.3 is 10.6 Å². The second-order valence-electron chi connectivity index (χ2n) is 4.23. The van der Waals surface area contributed by atoms with E-state index in [-0.39, 0.29) is 6.03 Å². The zero-order valence-corrected chi connectivity index (χ0v) is 12.4.